The molecule has 0 aliphatic carbocycles. The Hall–Kier alpha value is -3.26. The minimum absolute atomic E-state index is 0.0349. The van der Waals surface area contributed by atoms with Crippen LogP contribution in [0.5, 0.6) is 0 Å². The lowest BCUT2D eigenvalue weighted by molar-refractivity contribution is -0.143. The molecule has 1 aromatic carbocycles. The van der Waals surface area contributed by atoms with Gasteiger partial charge in [0.25, 0.3) is 0 Å². The number of hydrogen-bond donors (Lipinski definition) is 2. The summed E-state index contributed by atoms with van der Waals surface area (Å²) >= 11 is 0. The van der Waals surface area contributed by atoms with Crippen molar-refractivity contribution in [3.63, 3.8) is 0 Å². The summed E-state index contributed by atoms with van der Waals surface area (Å²) in [7, 11) is 0. The number of hydrazone groups is 1. The average molecular weight is 474 g/mol. The molecule has 176 valence electrons. The maximum absolute atomic E-state index is 13.3. The highest BCUT2D eigenvalue weighted by atomic mass is 19.4. The topological polar surface area (TPSA) is 97.5 Å². The van der Waals surface area contributed by atoms with Gasteiger partial charge in [-0.1, -0.05) is 6.07 Å². The third kappa shape index (κ3) is 4.75. The standard InChI is InChI=1S/C19H16F6N6O2/c20-18(21,22)11-2-1-10(13(5-11)19(23,24)25)6-29-30-16-15-17(27-8-26-16)31(9-28-15)14-4-3-12(7-32)33-14/h1-2,5-6,8-9,12,14,32H,3-4,7H2,(H,26,27,30)/b29-6+/t12-,14+/m0/s1. The number of nitrogens with one attached hydrogen (secondary N) is 1. The SMILES string of the molecule is OC[C@@H]1CC[C@H](n2cnc3c(N/N=C/c4ccc(C(F)(F)F)cc4C(F)(F)F)ncnc32)O1. The van der Waals surface area contributed by atoms with E-state index in [-0.39, 0.29) is 30.1 Å². The molecule has 1 fully saturated rings. The number of halogens is 6. The lowest BCUT2D eigenvalue weighted by atomic mass is 10.0. The predicted molar refractivity (Wildman–Crippen MR) is 103 cm³/mol. The maximum Gasteiger partial charge on any atom is 0.417 e. The van der Waals surface area contributed by atoms with Crippen molar-refractivity contribution >= 4 is 23.2 Å². The van der Waals surface area contributed by atoms with Crippen molar-refractivity contribution in [2.45, 2.75) is 37.5 Å². The summed E-state index contributed by atoms with van der Waals surface area (Å²) in [4.78, 5) is 12.3. The molecule has 4 rings (SSSR count). The highest BCUT2D eigenvalue weighted by molar-refractivity contribution is 5.85. The molecule has 0 unspecified atom stereocenters. The number of aliphatic hydroxyl groups is 1. The smallest absolute Gasteiger partial charge is 0.394 e. The van der Waals surface area contributed by atoms with Crippen molar-refractivity contribution in [3.05, 3.63) is 47.5 Å². The van der Waals surface area contributed by atoms with E-state index in [2.05, 4.69) is 25.5 Å². The van der Waals surface area contributed by atoms with E-state index in [1.165, 1.54) is 12.7 Å². The molecular weight excluding hydrogens is 458 g/mol. The van der Waals surface area contributed by atoms with Crippen molar-refractivity contribution in [3.8, 4) is 0 Å². The quantitative estimate of drug-likeness (QED) is 0.330. The molecule has 0 spiro atoms. The van der Waals surface area contributed by atoms with Gasteiger partial charge in [-0.15, -0.1) is 0 Å². The monoisotopic (exact) mass is 474 g/mol. The number of fused-ring (bicyclic) bond motifs is 1. The fourth-order valence-electron chi connectivity index (χ4n) is 3.42. The number of alkyl halides is 6. The molecular formula is C19H16F6N6O2. The van der Waals surface area contributed by atoms with Gasteiger partial charge in [0.15, 0.2) is 17.0 Å². The minimum atomic E-state index is -5.02. The Morgan fingerprint density at radius 3 is 2.58 bits per heavy atom. The number of aliphatic hydroxyl groups excluding tert-OH is 1. The van der Waals surface area contributed by atoms with Gasteiger partial charge in [0.05, 0.1) is 36.4 Å². The number of imidazole rings is 1. The molecule has 0 amide bonds. The van der Waals surface area contributed by atoms with Crippen LogP contribution >= 0.6 is 0 Å². The first kappa shape index (κ1) is 22.9. The van der Waals surface area contributed by atoms with Gasteiger partial charge in [-0.2, -0.15) is 31.4 Å². The third-order valence-electron chi connectivity index (χ3n) is 5.02. The first-order chi connectivity index (χ1) is 15.6. The summed E-state index contributed by atoms with van der Waals surface area (Å²) in [5.74, 6) is 0.0761. The van der Waals surface area contributed by atoms with Crippen molar-refractivity contribution in [2.24, 2.45) is 5.10 Å². The summed E-state index contributed by atoms with van der Waals surface area (Å²) in [6.07, 6.45) is -5.97. The van der Waals surface area contributed by atoms with Crippen molar-refractivity contribution in [1.82, 2.24) is 19.5 Å². The van der Waals surface area contributed by atoms with Crippen LogP contribution in [0.25, 0.3) is 11.2 Å². The summed E-state index contributed by atoms with van der Waals surface area (Å²) in [6, 6.07) is 1.27. The Morgan fingerprint density at radius 2 is 1.91 bits per heavy atom. The second kappa shape index (κ2) is 8.59. The Bertz CT molecular complexity index is 1180. The van der Waals surface area contributed by atoms with Gasteiger partial charge in [0.2, 0.25) is 0 Å². The van der Waals surface area contributed by atoms with Gasteiger partial charge in [0.1, 0.15) is 12.6 Å². The summed E-state index contributed by atoms with van der Waals surface area (Å²) in [6.45, 7) is -0.122. The molecule has 2 atom stereocenters. The van der Waals surface area contributed by atoms with Crippen molar-refractivity contribution < 1.29 is 36.2 Å². The number of rotatable bonds is 5. The largest absolute Gasteiger partial charge is 0.417 e. The highest BCUT2D eigenvalue weighted by Gasteiger charge is 2.37. The van der Waals surface area contributed by atoms with Crippen LogP contribution in [0.1, 0.15) is 35.8 Å². The van der Waals surface area contributed by atoms with E-state index < -0.39 is 35.3 Å². The zero-order chi connectivity index (χ0) is 23.8. The van der Waals surface area contributed by atoms with Gasteiger partial charge in [-0.3, -0.25) is 9.99 Å². The van der Waals surface area contributed by atoms with Gasteiger partial charge < -0.3 is 9.84 Å². The number of ether oxygens (including phenoxy) is 1. The predicted octanol–water partition coefficient (Wildman–Crippen LogP) is 3.98. The summed E-state index contributed by atoms with van der Waals surface area (Å²) in [5, 5.41) is 12.9. The van der Waals surface area contributed by atoms with E-state index in [1.54, 1.807) is 4.57 Å². The lowest BCUT2D eigenvalue weighted by Crippen LogP contribution is -2.14. The van der Waals surface area contributed by atoms with Crippen molar-refractivity contribution in [2.75, 3.05) is 12.0 Å². The summed E-state index contributed by atoms with van der Waals surface area (Å²) < 4.78 is 85.6. The molecule has 0 saturated carbocycles. The molecule has 0 bridgehead atoms. The number of benzene rings is 1. The van der Waals surface area contributed by atoms with Gasteiger partial charge in [0, 0.05) is 5.56 Å². The zero-order valence-corrected chi connectivity index (χ0v) is 16.6. The molecule has 3 aromatic rings. The highest BCUT2D eigenvalue weighted by Crippen LogP contribution is 2.37. The molecule has 2 N–H and O–H groups in total. The lowest BCUT2D eigenvalue weighted by Gasteiger charge is -2.14. The summed E-state index contributed by atoms with van der Waals surface area (Å²) in [5.41, 5.74) is -0.367. The fraction of sp³-hybridized carbons (Fsp3) is 0.368. The minimum Gasteiger partial charge on any atom is -0.394 e. The second-order valence-electron chi connectivity index (χ2n) is 7.19. The van der Waals surface area contributed by atoms with E-state index in [9.17, 15) is 31.4 Å². The molecule has 33 heavy (non-hydrogen) atoms. The van der Waals surface area contributed by atoms with E-state index in [0.29, 0.717) is 30.6 Å². The van der Waals surface area contributed by atoms with Crippen LogP contribution in [-0.4, -0.2) is 43.6 Å². The fourth-order valence-corrected chi connectivity index (χ4v) is 3.42. The first-order valence-electron chi connectivity index (χ1n) is 9.59. The Labute approximate surface area is 181 Å². The van der Waals surface area contributed by atoms with E-state index >= 15 is 0 Å². The Balaban J connectivity index is 1.59. The van der Waals surface area contributed by atoms with Gasteiger partial charge in [-0.25, -0.2) is 15.0 Å². The molecule has 2 aromatic heterocycles. The van der Waals surface area contributed by atoms with E-state index in [1.807, 2.05) is 0 Å². The van der Waals surface area contributed by atoms with Crippen LogP contribution in [0, 0.1) is 0 Å². The Kier molecular flexibility index (Phi) is 5.97. The van der Waals surface area contributed by atoms with Crippen LogP contribution in [-0.2, 0) is 17.1 Å². The molecule has 1 aliphatic rings. The molecule has 8 nitrogen and oxygen atoms in total. The van der Waals surface area contributed by atoms with Crippen LogP contribution in [0.4, 0.5) is 32.2 Å². The van der Waals surface area contributed by atoms with E-state index in [4.69, 9.17) is 4.74 Å². The first-order valence-corrected chi connectivity index (χ1v) is 9.59. The second-order valence-corrected chi connectivity index (χ2v) is 7.19. The molecule has 1 saturated heterocycles. The maximum atomic E-state index is 13.3. The Morgan fingerprint density at radius 1 is 1.12 bits per heavy atom. The van der Waals surface area contributed by atoms with Crippen LogP contribution in [0.2, 0.25) is 0 Å². The average Bonchev–Trinajstić information content (AvgIpc) is 3.39. The van der Waals surface area contributed by atoms with Gasteiger partial charge in [-0.05, 0) is 25.0 Å². The zero-order valence-electron chi connectivity index (χ0n) is 16.6. The third-order valence-corrected chi connectivity index (χ3v) is 5.02. The molecule has 1 aliphatic heterocycles. The number of hydrogen-bond acceptors (Lipinski definition) is 7. The molecule has 3 heterocycles. The normalized spacial score (nSPS) is 19.6. The number of nitrogens with zero attached hydrogens (tertiary/aromatic N) is 5. The van der Waals surface area contributed by atoms with Crippen molar-refractivity contribution in [1.29, 1.82) is 0 Å². The van der Waals surface area contributed by atoms with Gasteiger partial charge >= 0.3 is 12.4 Å². The van der Waals surface area contributed by atoms with Crippen LogP contribution in [0.15, 0.2) is 36.0 Å². The molecule has 14 heteroatoms. The van der Waals surface area contributed by atoms with Crippen LogP contribution < -0.4 is 5.43 Å². The molecule has 0 radical (unpaired) electrons. The van der Waals surface area contributed by atoms with E-state index in [0.717, 1.165) is 6.21 Å². The number of aromatic nitrogens is 4. The van der Waals surface area contributed by atoms with Crippen LogP contribution in [0.3, 0.4) is 0 Å². The number of anilines is 1.